The number of hydrogen-bond donors (Lipinski definition) is 0. The van der Waals surface area contributed by atoms with E-state index in [1.807, 2.05) is 12.4 Å². The monoisotopic (exact) mass is 454 g/mol. The van der Waals surface area contributed by atoms with Gasteiger partial charge in [0.2, 0.25) is 0 Å². The minimum atomic E-state index is -1.39. The lowest BCUT2D eigenvalue weighted by Crippen LogP contribution is -2.44. The normalized spacial score (nSPS) is 12.7. The molecular weight excluding hydrogens is 408 g/mol. The molecule has 0 radical (unpaired) electrons. The van der Waals surface area contributed by atoms with Gasteiger partial charge in [0.1, 0.15) is 5.75 Å². The van der Waals surface area contributed by atoms with Crippen LogP contribution in [0.15, 0.2) is 36.7 Å². The molecule has 1 heterocycles. The topological polar surface area (TPSA) is 35.0 Å². The number of nitrogens with zero attached hydrogens (tertiary/aromatic N) is 2. The van der Waals surface area contributed by atoms with Gasteiger partial charge in [-0.2, -0.15) is 0 Å². The molecule has 4 heteroatoms. The third-order valence-electron chi connectivity index (χ3n) is 6.77. The molecule has 0 aliphatic heterocycles. The van der Waals surface area contributed by atoms with E-state index in [1.165, 1.54) is 75.8 Å². The Hall–Kier alpha value is -1.68. The van der Waals surface area contributed by atoms with E-state index in [-0.39, 0.29) is 0 Å². The zero-order valence-corrected chi connectivity index (χ0v) is 22.3. The molecule has 0 aliphatic rings. The smallest absolute Gasteiger partial charge is 0.159 e. The molecule has 2 rings (SSSR count). The van der Waals surface area contributed by atoms with E-state index in [4.69, 9.17) is 4.74 Å². The van der Waals surface area contributed by atoms with Gasteiger partial charge in [-0.3, -0.25) is 0 Å². The van der Waals surface area contributed by atoms with E-state index in [1.54, 1.807) is 0 Å². The first-order chi connectivity index (χ1) is 15.5. The summed E-state index contributed by atoms with van der Waals surface area (Å²) < 4.78 is 6.53. The Balaban J connectivity index is 1.91. The van der Waals surface area contributed by atoms with Crippen LogP contribution >= 0.6 is 0 Å². The molecule has 0 amide bonds. The van der Waals surface area contributed by atoms with E-state index >= 15 is 0 Å². The van der Waals surface area contributed by atoms with Crippen molar-refractivity contribution in [3.63, 3.8) is 0 Å². The molecule has 2 aromatic rings. The lowest BCUT2D eigenvalue weighted by atomic mass is 10.1. The number of aryl methyl sites for hydroxylation is 1. The van der Waals surface area contributed by atoms with Gasteiger partial charge in [-0.1, -0.05) is 91.3 Å². The highest BCUT2D eigenvalue weighted by atomic mass is 28.3. The Morgan fingerprint density at radius 2 is 1.38 bits per heavy atom. The zero-order chi connectivity index (χ0) is 23.2. The van der Waals surface area contributed by atoms with Gasteiger partial charge in [0.05, 0.1) is 13.8 Å². The molecule has 178 valence electrons. The number of unbranched alkanes of at least 4 members (excludes halogenated alkanes) is 7. The third kappa shape index (κ3) is 9.05. The first-order valence-corrected chi connectivity index (χ1v) is 16.4. The number of ether oxygens (including phenoxy) is 1. The lowest BCUT2D eigenvalue weighted by molar-refractivity contribution is 0.252. The summed E-state index contributed by atoms with van der Waals surface area (Å²) in [5.74, 6) is 1.77. The van der Waals surface area contributed by atoms with Crippen molar-refractivity contribution in [3.8, 4) is 17.1 Å². The van der Waals surface area contributed by atoms with Gasteiger partial charge in [0.15, 0.2) is 5.82 Å². The first-order valence-electron chi connectivity index (χ1n) is 13.1. The van der Waals surface area contributed by atoms with Crippen LogP contribution in [-0.4, -0.2) is 23.8 Å². The van der Waals surface area contributed by atoms with Crippen LogP contribution in [0.1, 0.15) is 90.5 Å². The van der Waals surface area contributed by atoms with Crippen molar-refractivity contribution in [2.45, 2.75) is 116 Å². The van der Waals surface area contributed by atoms with Gasteiger partial charge in [-0.25, -0.2) is 9.97 Å². The molecule has 1 aromatic carbocycles. The van der Waals surface area contributed by atoms with Crippen LogP contribution in [0.2, 0.25) is 19.1 Å². The SMILES string of the molecule is CCCCCCCCc1cnc(-c2ccc(OC(CCCCC)[Si](C)(C)CC)cc2)nc1. The van der Waals surface area contributed by atoms with E-state index in [0.29, 0.717) is 5.73 Å². The Kier molecular flexibility index (Phi) is 12.0. The molecule has 1 unspecified atom stereocenters. The van der Waals surface area contributed by atoms with Gasteiger partial charge < -0.3 is 4.74 Å². The molecule has 1 atom stereocenters. The number of aromatic nitrogens is 2. The molecular formula is C28H46N2OSi. The van der Waals surface area contributed by atoms with Gasteiger partial charge in [0, 0.05) is 18.0 Å². The fourth-order valence-corrected chi connectivity index (χ4v) is 5.90. The second kappa shape index (κ2) is 14.5. The maximum atomic E-state index is 6.53. The summed E-state index contributed by atoms with van der Waals surface area (Å²) in [7, 11) is -1.39. The molecule has 1 aromatic heterocycles. The van der Waals surface area contributed by atoms with Crippen LogP contribution in [-0.2, 0) is 6.42 Å². The van der Waals surface area contributed by atoms with Crippen LogP contribution in [0.3, 0.4) is 0 Å². The highest BCUT2D eigenvalue weighted by molar-refractivity contribution is 6.78. The number of rotatable bonds is 16. The summed E-state index contributed by atoms with van der Waals surface area (Å²) in [5, 5.41) is 0. The molecule has 3 nitrogen and oxygen atoms in total. The fourth-order valence-electron chi connectivity index (χ4n) is 4.01. The summed E-state index contributed by atoms with van der Waals surface area (Å²) >= 11 is 0. The molecule has 0 saturated carbocycles. The predicted molar refractivity (Wildman–Crippen MR) is 141 cm³/mol. The molecule has 32 heavy (non-hydrogen) atoms. The van der Waals surface area contributed by atoms with Gasteiger partial charge in [-0.15, -0.1) is 0 Å². The molecule has 0 saturated heterocycles. The highest BCUT2D eigenvalue weighted by Crippen LogP contribution is 2.26. The van der Waals surface area contributed by atoms with Gasteiger partial charge in [0.25, 0.3) is 0 Å². The van der Waals surface area contributed by atoms with E-state index in [2.05, 4.69) is 68.1 Å². The van der Waals surface area contributed by atoms with Crippen molar-refractivity contribution in [3.05, 3.63) is 42.2 Å². The molecule has 0 bridgehead atoms. The van der Waals surface area contributed by atoms with Crippen LogP contribution in [0.5, 0.6) is 5.75 Å². The van der Waals surface area contributed by atoms with Crippen LogP contribution in [0.4, 0.5) is 0 Å². The average Bonchev–Trinajstić information content (AvgIpc) is 2.81. The summed E-state index contributed by atoms with van der Waals surface area (Å²) in [6, 6.07) is 9.63. The Bertz CT molecular complexity index is 743. The minimum Gasteiger partial charge on any atom is -0.494 e. The van der Waals surface area contributed by atoms with Crippen molar-refractivity contribution in [2.24, 2.45) is 0 Å². The molecule has 0 fully saturated rings. The van der Waals surface area contributed by atoms with Crippen molar-refractivity contribution in [2.75, 3.05) is 0 Å². The van der Waals surface area contributed by atoms with Crippen molar-refractivity contribution in [1.29, 1.82) is 0 Å². The van der Waals surface area contributed by atoms with Crippen molar-refractivity contribution in [1.82, 2.24) is 9.97 Å². The Labute approximate surface area is 198 Å². The fraction of sp³-hybridized carbons (Fsp3) is 0.643. The highest BCUT2D eigenvalue weighted by Gasteiger charge is 2.31. The minimum absolute atomic E-state index is 0.377. The van der Waals surface area contributed by atoms with Crippen molar-refractivity contribution < 1.29 is 4.74 Å². The summed E-state index contributed by atoms with van der Waals surface area (Å²) in [5.41, 5.74) is 2.67. The quantitative estimate of drug-likeness (QED) is 0.188. The lowest BCUT2D eigenvalue weighted by Gasteiger charge is -2.32. The van der Waals surface area contributed by atoms with E-state index < -0.39 is 8.07 Å². The molecule has 0 aliphatic carbocycles. The predicted octanol–water partition coefficient (Wildman–Crippen LogP) is 8.64. The average molecular weight is 455 g/mol. The van der Waals surface area contributed by atoms with Crippen molar-refractivity contribution >= 4 is 8.07 Å². The Morgan fingerprint density at radius 3 is 2.00 bits per heavy atom. The molecule has 0 spiro atoms. The van der Waals surface area contributed by atoms with Crippen LogP contribution in [0.25, 0.3) is 11.4 Å². The molecule has 0 N–H and O–H groups in total. The largest absolute Gasteiger partial charge is 0.494 e. The van der Waals surface area contributed by atoms with Crippen LogP contribution in [0, 0.1) is 0 Å². The van der Waals surface area contributed by atoms with Gasteiger partial charge in [-0.05, 0) is 49.1 Å². The van der Waals surface area contributed by atoms with Crippen LogP contribution < -0.4 is 4.74 Å². The van der Waals surface area contributed by atoms with E-state index in [9.17, 15) is 0 Å². The van der Waals surface area contributed by atoms with E-state index in [0.717, 1.165) is 23.6 Å². The summed E-state index contributed by atoms with van der Waals surface area (Å²) in [4.78, 5) is 9.25. The maximum Gasteiger partial charge on any atom is 0.159 e. The first kappa shape index (κ1) is 26.6. The maximum absolute atomic E-state index is 6.53. The van der Waals surface area contributed by atoms with Gasteiger partial charge >= 0.3 is 0 Å². The standard InChI is InChI=1S/C28H46N2OSi/c1-6-9-11-12-13-15-16-24-22-29-28(30-23-24)25-18-20-26(21-19-25)31-27(17-14-10-7-2)32(4,5)8-3/h18-23,27H,6-17H2,1-5H3. The second-order valence-corrected chi connectivity index (χ2v) is 15.2. The summed E-state index contributed by atoms with van der Waals surface area (Å²) in [6.45, 7) is 11.8. The number of benzene rings is 1. The third-order valence-corrected chi connectivity index (χ3v) is 10.7. The second-order valence-electron chi connectivity index (χ2n) is 9.90. The Morgan fingerprint density at radius 1 is 0.781 bits per heavy atom. The zero-order valence-electron chi connectivity index (χ0n) is 21.3. The number of hydrogen-bond acceptors (Lipinski definition) is 3. The summed E-state index contributed by atoms with van der Waals surface area (Å²) in [6.07, 6.45) is 18.0.